The summed E-state index contributed by atoms with van der Waals surface area (Å²) in [5.41, 5.74) is 12.5. The van der Waals surface area contributed by atoms with Crippen molar-refractivity contribution in [2.75, 3.05) is 13.3 Å². The normalized spacial score (nSPS) is 15.1. The van der Waals surface area contributed by atoms with E-state index in [0.717, 1.165) is 30.8 Å². The third kappa shape index (κ3) is 2.65. The molecule has 1 aromatic rings. The van der Waals surface area contributed by atoms with Crippen molar-refractivity contribution in [1.82, 2.24) is 0 Å². The molecule has 0 aliphatic carbocycles. The predicted octanol–water partition coefficient (Wildman–Crippen LogP) is 1.02. The van der Waals surface area contributed by atoms with Crippen molar-refractivity contribution in [3.05, 3.63) is 23.8 Å². The van der Waals surface area contributed by atoms with Crippen molar-refractivity contribution in [1.29, 1.82) is 0 Å². The maximum atomic E-state index is 5.76. The molecule has 1 unspecified atom stereocenters. The average molecular weight is 222 g/mol. The van der Waals surface area contributed by atoms with E-state index in [9.17, 15) is 0 Å². The minimum atomic E-state index is 0.119. The van der Waals surface area contributed by atoms with Crippen LogP contribution in [0.4, 0.5) is 0 Å². The second kappa shape index (κ2) is 5.18. The molecule has 4 N–H and O–H groups in total. The van der Waals surface area contributed by atoms with Crippen LogP contribution < -0.4 is 20.9 Å². The topological polar surface area (TPSA) is 70.5 Å². The van der Waals surface area contributed by atoms with Gasteiger partial charge < -0.3 is 20.9 Å². The zero-order chi connectivity index (χ0) is 11.4. The molecular weight excluding hydrogens is 204 g/mol. The lowest BCUT2D eigenvalue weighted by molar-refractivity contribution is 0.174. The van der Waals surface area contributed by atoms with E-state index in [-0.39, 0.29) is 6.04 Å². The van der Waals surface area contributed by atoms with Gasteiger partial charge in [-0.1, -0.05) is 6.07 Å². The Balaban J connectivity index is 1.86. The number of benzene rings is 1. The van der Waals surface area contributed by atoms with E-state index < -0.39 is 0 Å². The molecule has 0 saturated heterocycles. The Morgan fingerprint density at radius 2 is 2.06 bits per heavy atom. The van der Waals surface area contributed by atoms with E-state index >= 15 is 0 Å². The Labute approximate surface area is 95.5 Å². The van der Waals surface area contributed by atoms with E-state index in [2.05, 4.69) is 6.07 Å². The highest BCUT2D eigenvalue weighted by molar-refractivity contribution is 5.44. The Morgan fingerprint density at radius 3 is 2.88 bits per heavy atom. The van der Waals surface area contributed by atoms with Gasteiger partial charge in [0.05, 0.1) is 0 Å². The van der Waals surface area contributed by atoms with Gasteiger partial charge in [0.1, 0.15) is 0 Å². The summed E-state index contributed by atoms with van der Waals surface area (Å²) in [6.07, 6.45) is 3.02. The second-order valence-corrected chi connectivity index (χ2v) is 4.08. The molecule has 0 fully saturated rings. The average Bonchev–Trinajstić information content (AvgIpc) is 2.76. The van der Waals surface area contributed by atoms with Crippen LogP contribution in [0.1, 0.15) is 18.4 Å². The molecule has 88 valence electrons. The highest BCUT2D eigenvalue weighted by Crippen LogP contribution is 2.32. The molecule has 1 aromatic carbocycles. The zero-order valence-corrected chi connectivity index (χ0v) is 9.32. The molecule has 0 radical (unpaired) electrons. The fourth-order valence-corrected chi connectivity index (χ4v) is 1.78. The van der Waals surface area contributed by atoms with E-state index in [1.807, 2.05) is 12.1 Å². The fraction of sp³-hybridized carbons (Fsp3) is 0.500. The number of hydrogen-bond acceptors (Lipinski definition) is 4. The molecule has 2 rings (SSSR count). The van der Waals surface area contributed by atoms with Crippen molar-refractivity contribution >= 4 is 0 Å². The van der Waals surface area contributed by atoms with Gasteiger partial charge in [-0.05, 0) is 37.0 Å². The van der Waals surface area contributed by atoms with Crippen LogP contribution in [0, 0.1) is 0 Å². The molecule has 16 heavy (non-hydrogen) atoms. The minimum Gasteiger partial charge on any atom is -0.454 e. The van der Waals surface area contributed by atoms with E-state index in [4.69, 9.17) is 20.9 Å². The fourth-order valence-electron chi connectivity index (χ4n) is 1.78. The largest absolute Gasteiger partial charge is 0.454 e. The molecule has 0 aromatic heterocycles. The van der Waals surface area contributed by atoms with E-state index in [0.29, 0.717) is 13.3 Å². The van der Waals surface area contributed by atoms with E-state index in [1.54, 1.807) is 0 Å². The van der Waals surface area contributed by atoms with Crippen LogP contribution in [0.2, 0.25) is 0 Å². The second-order valence-electron chi connectivity index (χ2n) is 4.08. The summed E-state index contributed by atoms with van der Waals surface area (Å²) in [5, 5.41) is 0. The van der Waals surface area contributed by atoms with Crippen LogP contribution in [0.5, 0.6) is 11.5 Å². The number of fused-ring (bicyclic) bond motifs is 1. The molecular formula is C12H18N2O2. The van der Waals surface area contributed by atoms with Gasteiger partial charge in [0.2, 0.25) is 6.79 Å². The van der Waals surface area contributed by atoms with E-state index in [1.165, 1.54) is 5.56 Å². The monoisotopic (exact) mass is 222 g/mol. The number of rotatable bonds is 5. The summed E-state index contributed by atoms with van der Waals surface area (Å²) in [6, 6.07) is 6.19. The summed E-state index contributed by atoms with van der Waals surface area (Å²) in [7, 11) is 0. The summed E-state index contributed by atoms with van der Waals surface area (Å²) in [6.45, 7) is 0.887. The van der Waals surface area contributed by atoms with Gasteiger partial charge in [-0.15, -0.1) is 0 Å². The summed E-state index contributed by atoms with van der Waals surface area (Å²) in [4.78, 5) is 0. The van der Waals surface area contributed by atoms with Gasteiger partial charge in [0.15, 0.2) is 11.5 Å². The smallest absolute Gasteiger partial charge is 0.231 e. The number of aryl methyl sites for hydroxylation is 1. The first kappa shape index (κ1) is 11.2. The number of ether oxygens (including phenoxy) is 2. The van der Waals surface area contributed by atoms with Crippen LogP contribution in [0.25, 0.3) is 0 Å². The Hall–Kier alpha value is -1.26. The lowest BCUT2D eigenvalue weighted by Gasteiger charge is -2.08. The van der Waals surface area contributed by atoms with Gasteiger partial charge in [0.25, 0.3) is 0 Å². The summed E-state index contributed by atoms with van der Waals surface area (Å²) >= 11 is 0. The minimum absolute atomic E-state index is 0.119. The third-order valence-electron chi connectivity index (χ3n) is 2.78. The molecule has 1 atom stereocenters. The van der Waals surface area contributed by atoms with Crippen LogP contribution in [0.3, 0.4) is 0 Å². The van der Waals surface area contributed by atoms with Crippen molar-refractivity contribution in [2.24, 2.45) is 11.5 Å². The maximum Gasteiger partial charge on any atom is 0.231 e. The van der Waals surface area contributed by atoms with Gasteiger partial charge in [-0.3, -0.25) is 0 Å². The first-order valence-corrected chi connectivity index (χ1v) is 5.64. The highest BCUT2D eigenvalue weighted by Gasteiger charge is 2.12. The molecule has 1 heterocycles. The standard InChI is InChI=1S/C12H18N2O2/c13-7-10(14)3-1-2-9-4-5-11-12(6-9)16-8-15-11/h4-6,10H,1-3,7-8,13-14H2. The predicted molar refractivity (Wildman–Crippen MR) is 62.5 cm³/mol. The summed E-state index contributed by atoms with van der Waals surface area (Å²) in [5.74, 6) is 1.68. The first-order valence-electron chi connectivity index (χ1n) is 5.64. The first-order chi connectivity index (χ1) is 7.79. The van der Waals surface area contributed by atoms with Crippen LogP contribution in [-0.4, -0.2) is 19.4 Å². The van der Waals surface area contributed by atoms with Gasteiger partial charge in [-0.25, -0.2) is 0 Å². The Morgan fingerprint density at radius 1 is 1.25 bits per heavy atom. The Bertz CT molecular complexity index is 355. The quantitative estimate of drug-likeness (QED) is 0.780. The lowest BCUT2D eigenvalue weighted by atomic mass is 10.0. The molecule has 0 spiro atoms. The van der Waals surface area contributed by atoms with Crippen molar-refractivity contribution in [3.63, 3.8) is 0 Å². The van der Waals surface area contributed by atoms with Crippen LogP contribution in [0.15, 0.2) is 18.2 Å². The number of hydrogen-bond donors (Lipinski definition) is 2. The maximum absolute atomic E-state index is 5.76. The zero-order valence-electron chi connectivity index (χ0n) is 9.32. The molecule has 1 aliphatic heterocycles. The summed E-state index contributed by atoms with van der Waals surface area (Å²) < 4.78 is 10.6. The number of nitrogens with two attached hydrogens (primary N) is 2. The Kier molecular flexibility index (Phi) is 3.64. The lowest BCUT2D eigenvalue weighted by Crippen LogP contribution is -2.29. The van der Waals surface area contributed by atoms with Crippen LogP contribution in [-0.2, 0) is 6.42 Å². The third-order valence-corrected chi connectivity index (χ3v) is 2.78. The highest BCUT2D eigenvalue weighted by atomic mass is 16.7. The molecule has 1 aliphatic rings. The molecule has 4 heteroatoms. The van der Waals surface area contributed by atoms with Crippen molar-refractivity contribution in [3.8, 4) is 11.5 Å². The van der Waals surface area contributed by atoms with Crippen molar-refractivity contribution < 1.29 is 9.47 Å². The SMILES string of the molecule is NCC(N)CCCc1ccc2c(c1)OCO2. The molecule has 4 nitrogen and oxygen atoms in total. The van der Waals surface area contributed by atoms with Gasteiger partial charge in [-0.2, -0.15) is 0 Å². The van der Waals surface area contributed by atoms with Gasteiger partial charge in [0, 0.05) is 12.6 Å². The van der Waals surface area contributed by atoms with Crippen LogP contribution >= 0.6 is 0 Å². The van der Waals surface area contributed by atoms with Crippen molar-refractivity contribution in [2.45, 2.75) is 25.3 Å². The van der Waals surface area contributed by atoms with Gasteiger partial charge >= 0.3 is 0 Å². The molecule has 0 saturated carbocycles. The molecule has 0 bridgehead atoms. The molecule has 0 amide bonds.